The summed E-state index contributed by atoms with van der Waals surface area (Å²) in [5, 5.41) is -0.164. The van der Waals surface area contributed by atoms with Crippen LogP contribution in [0.25, 0.3) is 0 Å². The Hall–Kier alpha value is -0.0600. The van der Waals surface area contributed by atoms with Crippen LogP contribution < -0.4 is 10.6 Å². The summed E-state index contributed by atoms with van der Waals surface area (Å²) in [6.07, 6.45) is 0.0580. The van der Waals surface area contributed by atoms with Gasteiger partial charge in [0.2, 0.25) is 0 Å². The number of hydrogen-bond acceptors (Lipinski definition) is 7. The lowest BCUT2D eigenvalue weighted by molar-refractivity contribution is -0.152. The highest BCUT2D eigenvalue weighted by Gasteiger charge is 2.30. The molecule has 0 aliphatic carbocycles. The number of nitrogens with two attached hydrogens (primary N) is 1. The Morgan fingerprint density at radius 2 is 2.15 bits per heavy atom. The van der Waals surface area contributed by atoms with E-state index in [1.807, 2.05) is 0 Å². The molecule has 7 nitrogen and oxygen atoms in total. The van der Waals surface area contributed by atoms with Crippen molar-refractivity contribution in [2.24, 2.45) is 11.1 Å². The maximum atomic E-state index is 11.8. The molecule has 1 atom stereocenters. The summed E-state index contributed by atoms with van der Waals surface area (Å²) in [6, 6.07) is 0. The lowest BCUT2D eigenvalue weighted by Gasteiger charge is -2.24. The van der Waals surface area contributed by atoms with Gasteiger partial charge in [-0.25, -0.2) is 4.84 Å². The third kappa shape index (κ3) is 8.98. The Labute approximate surface area is 128 Å². The van der Waals surface area contributed by atoms with Crippen LogP contribution >= 0.6 is 23.5 Å². The maximum absolute atomic E-state index is 11.8. The molecule has 0 heterocycles. The van der Waals surface area contributed by atoms with E-state index < -0.39 is 27.3 Å². The van der Waals surface area contributed by atoms with Gasteiger partial charge in [0.1, 0.15) is 0 Å². The molecule has 0 aromatic carbocycles. The number of esters is 1. The van der Waals surface area contributed by atoms with Gasteiger partial charge in [0.25, 0.3) is 10.1 Å². The van der Waals surface area contributed by atoms with E-state index in [4.69, 9.17) is 26.8 Å². The van der Waals surface area contributed by atoms with Crippen LogP contribution in [-0.2, 0) is 19.6 Å². The summed E-state index contributed by atoms with van der Waals surface area (Å²) in [7, 11) is -4.02. The Bertz CT molecular complexity index is 398. The normalized spacial score (nSPS) is 14.1. The average molecular weight is 349 g/mol. The average Bonchev–Trinajstić information content (AvgIpc) is 2.34. The summed E-state index contributed by atoms with van der Waals surface area (Å²) < 4.78 is 34.5. The zero-order valence-electron chi connectivity index (χ0n) is 11.5. The molecule has 0 saturated carbocycles. The van der Waals surface area contributed by atoms with Crippen LogP contribution in [0.2, 0.25) is 0 Å². The fourth-order valence-electron chi connectivity index (χ4n) is 1.11. The zero-order chi connectivity index (χ0) is 15.8. The molecule has 0 aliphatic heterocycles. The van der Waals surface area contributed by atoms with E-state index in [2.05, 4.69) is 4.84 Å². The van der Waals surface area contributed by atoms with Gasteiger partial charge in [0, 0.05) is 12.3 Å². The van der Waals surface area contributed by atoms with E-state index in [1.54, 1.807) is 13.8 Å². The number of halogens is 1. The number of ether oxygens (including phenoxy) is 1. The smallest absolute Gasteiger partial charge is 0.312 e. The topological polar surface area (TPSA) is 119 Å². The first-order valence-corrected chi connectivity index (χ1v) is 8.96. The van der Waals surface area contributed by atoms with Crippen molar-refractivity contribution in [3.63, 3.8) is 0 Å². The van der Waals surface area contributed by atoms with Crippen LogP contribution in [0.1, 0.15) is 20.3 Å². The first-order chi connectivity index (χ1) is 9.12. The number of carbonyl (C=O) groups excluding carboxylic acids is 1. The lowest BCUT2D eigenvalue weighted by Crippen LogP contribution is -2.33. The highest BCUT2D eigenvalue weighted by atomic mass is 35.5. The van der Waals surface area contributed by atoms with Crippen molar-refractivity contribution < 1.29 is 22.5 Å². The van der Waals surface area contributed by atoms with Crippen molar-refractivity contribution in [3.05, 3.63) is 0 Å². The van der Waals surface area contributed by atoms with Crippen LogP contribution in [0.15, 0.2) is 0 Å². The second kappa shape index (κ2) is 9.06. The van der Waals surface area contributed by atoms with Crippen molar-refractivity contribution in [2.45, 2.75) is 25.6 Å². The van der Waals surface area contributed by atoms with E-state index in [1.165, 1.54) is 11.8 Å². The number of hydrogen-bond donors (Lipinski definition) is 3. The highest BCUT2D eigenvalue weighted by molar-refractivity contribution is 8.00. The van der Waals surface area contributed by atoms with Crippen molar-refractivity contribution >= 4 is 39.6 Å². The van der Waals surface area contributed by atoms with Gasteiger partial charge in [-0.05, 0) is 32.0 Å². The molecule has 120 valence electrons. The first kappa shape index (κ1) is 19.9. The van der Waals surface area contributed by atoms with E-state index in [0.717, 1.165) is 0 Å². The number of nitrogens with one attached hydrogen (secondary N) is 1. The molecule has 10 heteroatoms. The quantitative estimate of drug-likeness (QED) is 0.173. The Morgan fingerprint density at radius 1 is 1.55 bits per heavy atom. The second-order valence-corrected chi connectivity index (χ2v) is 7.79. The fourth-order valence-corrected chi connectivity index (χ4v) is 2.81. The van der Waals surface area contributed by atoms with Crippen molar-refractivity contribution in [1.29, 1.82) is 0 Å². The molecule has 1 unspecified atom stereocenters. The Kier molecular flexibility index (Phi) is 9.03. The minimum Gasteiger partial charge on any atom is -0.465 e. The molecule has 20 heavy (non-hydrogen) atoms. The third-order valence-corrected chi connectivity index (χ3v) is 5.11. The summed E-state index contributed by atoms with van der Waals surface area (Å²) in [6.45, 7) is 3.70. The second-order valence-electron chi connectivity index (χ2n) is 4.80. The van der Waals surface area contributed by atoms with Crippen LogP contribution in [0, 0.1) is 5.41 Å². The zero-order valence-corrected chi connectivity index (χ0v) is 13.9. The molecule has 0 fully saturated rings. The predicted octanol–water partition coefficient (Wildman–Crippen LogP) is 0.595. The van der Waals surface area contributed by atoms with E-state index in [0.29, 0.717) is 12.3 Å². The molecule has 0 aromatic heterocycles. The monoisotopic (exact) mass is 348 g/mol. The SMILES string of the molecule is CC(C)(CSC(CN)NCl)C(=O)OCCCS(=O)(=O)O. The van der Waals surface area contributed by atoms with Gasteiger partial charge >= 0.3 is 5.97 Å². The molecule has 4 N–H and O–H groups in total. The van der Waals surface area contributed by atoms with Crippen molar-refractivity contribution in [2.75, 3.05) is 24.7 Å². The standard InChI is InChI=1S/C10H21ClN2O5S2/c1-10(2,7-19-8(6-12)13-11)9(14)18-4-3-5-20(15,16)17/h8,13H,3-7,12H2,1-2H3,(H,15,16,17). The molecule has 0 aliphatic rings. The van der Waals surface area contributed by atoms with Gasteiger partial charge in [-0.3, -0.25) is 9.35 Å². The molecular weight excluding hydrogens is 328 g/mol. The highest BCUT2D eigenvalue weighted by Crippen LogP contribution is 2.25. The molecule has 0 saturated heterocycles. The third-order valence-electron chi connectivity index (χ3n) is 2.31. The minimum absolute atomic E-state index is 0.0548. The van der Waals surface area contributed by atoms with Gasteiger partial charge in [0.05, 0.1) is 23.1 Å². The van der Waals surface area contributed by atoms with Crippen molar-refractivity contribution in [3.8, 4) is 0 Å². The molecule has 0 aromatic rings. The Morgan fingerprint density at radius 3 is 2.60 bits per heavy atom. The van der Waals surface area contributed by atoms with Crippen LogP contribution in [0.4, 0.5) is 0 Å². The summed E-state index contributed by atoms with van der Waals surface area (Å²) in [5.74, 6) is -0.419. The molecule has 0 amide bonds. The summed E-state index contributed by atoms with van der Waals surface area (Å²) >= 11 is 6.87. The summed E-state index contributed by atoms with van der Waals surface area (Å²) in [5.41, 5.74) is 4.72. The van der Waals surface area contributed by atoms with Gasteiger partial charge in [0.15, 0.2) is 0 Å². The molecule has 0 bridgehead atoms. The van der Waals surface area contributed by atoms with Crippen LogP contribution in [0.3, 0.4) is 0 Å². The molecule has 0 radical (unpaired) electrons. The van der Waals surface area contributed by atoms with Gasteiger partial charge in [-0.15, -0.1) is 11.8 Å². The fraction of sp³-hybridized carbons (Fsp3) is 0.900. The minimum atomic E-state index is -4.02. The molecule has 0 spiro atoms. The Balaban J connectivity index is 4.11. The number of rotatable bonds is 10. The van der Waals surface area contributed by atoms with E-state index in [-0.39, 0.29) is 18.4 Å². The first-order valence-electron chi connectivity index (χ1n) is 5.92. The summed E-state index contributed by atoms with van der Waals surface area (Å²) in [4.78, 5) is 14.3. The molecular formula is C10H21ClN2O5S2. The number of carbonyl (C=O) groups is 1. The largest absolute Gasteiger partial charge is 0.465 e. The van der Waals surface area contributed by atoms with E-state index in [9.17, 15) is 13.2 Å². The maximum Gasteiger partial charge on any atom is 0.312 e. The lowest BCUT2D eigenvalue weighted by atomic mass is 9.97. The van der Waals surface area contributed by atoms with Gasteiger partial charge < -0.3 is 10.5 Å². The number of thioether (sulfide) groups is 1. The van der Waals surface area contributed by atoms with Crippen molar-refractivity contribution in [1.82, 2.24) is 4.84 Å². The van der Waals surface area contributed by atoms with E-state index >= 15 is 0 Å². The molecule has 0 rings (SSSR count). The van der Waals surface area contributed by atoms with Gasteiger partial charge in [-0.2, -0.15) is 8.42 Å². The predicted molar refractivity (Wildman–Crippen MR) is 80.1 cm³/mol. The van der Waals surface area contributed by atoms with Crippen LogP contribution in [0.5, 0.6) is 0 Å². The van der Waals surface area contributed by atoms with Crippen LogP contribution in [-0.4, -0.2) is 49.0 Å². The van der Waals surface area contributed by atoms with Gasteiger partial charge in [-0.1, -0.05) is 0 Å².